The van der Waals surface area contributed by atoms with Crippen LogP contribution in [0.15, 0.2) is 22.7 Å². The predicted molar refractivity (Wildman–Crippen MR) is 82.9 cm³/mol. The fourth-order valence-corrected chi connectivity index (χ4v) is 3.23. The van der Waals surface area contributed by atoms with E-state index in [4.69, 9.17) is 4.52 Å². The van der Waals surface area contributed by atoms with Gasteiger partial charge in [-0.3, -0.25) is 0 Å². The van der Waals surface area contributed by atoms with Crippen LogP contribution in [0.25, 0.3) is 10.2 Å². The Balaban J connectivity index is 1.53. The monoisotopic (exact) mass is 336 g/mol. The Kier molecular flexibility index (Phi) is 3.48. The van der Waals surface area contributed by atoms with E-state index in [1.165, 1.54) is 0 Å². The molecule has 0 unspecified atom stereocenters. The third-order valence-corrected chi connectivity index (χ3v) is 4.77. The van der Waals surface area contributed by atoms with Crippen molar-refractivity contribution in [1.29, 1.82) is 0 Å². The summed E-state index contributed by atoms with van der Waals surface area (Å²) in [7, 11) is 0. The van der Waals surface area contributed by atoms with Crippen molar-refractivity contribution in [2.45, 2.75) is 38.2 Å². The third-order valence-electron chi connectivity index (χ3n) is 3.75. The predicted octanol–water partition coefficient (Wildman–Crippen LogP) is 4.67. The topological polar surface area (TPSA) is 63.8 Å². The Bertz CT molecular complexity index is 843. The molecule has 0 spiro atoms. The highest BCUT2D eigenvalue weighted by molar-refractivity contribution is 7.18. The average molecular weight is 336 g/mol. The first kappa shape index (κ1) is 14.5. The number of fused-ring (bicyclic) bond motifs is 1. The summed E-state index contributed by atoms with van der Waals surface area (Å²) in [4.78, 5) is 8.33. The number of benzene rings is 1. The number of thiazole rings is 1. The molecule has 23 heavy (non-hydrogen) atoms. The normalized spacial score (nSPS) is 16.2. The Morgan fingerprint density at radius 3 is 2.87 bits per heavy atom. The second kappa shape index (κ2) is 5.52. The molecular formula is C15H14F2N4OS. The molecule has 120 valence electrons. The van der Waals surface area contributed by atoms with Crippen LogP contribution in [0.5, 0.6) is 0 Å². The minimum atomic E-state index is -2.54. The second-order valence-corrected chi connectivity index (χ2v) is 6.73. The van der Waals surface area contributed by atoms with Crippen molar-refractivity contribution in [3.05, 3.63) is 34.9 Å². The zero-order chi connectivity index (χ0) is 16.0. The average Bonchev–Trinajstić information content (AvgIpc) is 3.10. The third kappa shape index (κ3) is 2.90. The van der Waals surface area contributed by atoms with Crippen LogP contribution >= 0.6 is 11.3 Å². The van der Waals surface area contributed by atoms with Gasteiger partial charge >= 0.3 is 0 Å². The fourth-order valence-electron chi connectivity index (χ4n) is 2.37. The van der Waals surface area contributed by atoms with E-state index in [0.717, 1.165) is 40.4 Å². The Hall–Kier alpha value is -2.09. The van der Waals surface area contributed by atoms with Crippen LogP contribution in [0.1, 0.15) is 54.9 Å². The van der Waals surface area contributed by atoms with Crippen LogP contribution in [0.2, 0.25) is 0 Å². The van der Waals surface area contributed by atoms with E-state index in [0.29, 0.717) is 17.3 Å². The molecule has 5 nitrogen and oxygen atoms in total. The second-order valence-electron chi connectivity index (χ2n) is 5.67. The fraction of sp³-hybridized carbons (Fsp3) is 0.400. The first-order chi connectivity index (χ1) is 11.1. The summed E-state index contributed by atoms with van der Waals surface area (Å²) in [6.45, 7) is 1.92. The van der Waals surface area contributed by atoms with Gasteiger partial charge in [0.05, 0.1) is 10.2 Å². The Morgan fingerprint density at radius 1 is 1.30 bits per heavy atom. The number of anilines is 1. The molecule has 1 aliphatic carbocycles. The minimum absolute atomic E-state index is 0.156. The molecule has 0 amide bonds. The van der Waals surface area contributed by atoms with Crippen molar-refractivity contribution in [3.63, 3.8) is 0 Å². The van der Waals surface area contributed by atoms with Crippen LogP contribution in [0.3, 0.4) is 0 Å². The molecule has 0 aliphatic heterocycles. The Labute approximate surface area is 134 Å². The lowest BCUT2D eigenvalue weighted by molar-refractivity contribution is 0.151. The van der Waals surface area contributed by atoms with Crippen molar-refractivity contribution >= 4 is 27.2 Å². The summed E-state index contributed by atoms with van der Waals surface area (Å²) >= 11 is 1.01. The molecule has 8 heteroatoms. The van der Waals surface area contributed by atoms with Gasteiger partial charge in [0.15, 0.2) is 10.8 Å². The molecule has 0 radical (unpaired) electrons. The molecule has 1 atom stereocenters. The number of nitrogens with one attached hydrogen (secondary N) is 1. The zero-order valence-corrected chi connectivity index (χ0v) is 13.1. The van der Waals surface area contributed by atoms with Crippen molar-refractivity contribution in [3.8, 4) is 0 Å². The molecule has 4 rings (SSSR count). The molecule has 1 aliphatic rings. The van der Waals surface area contributed by atoms with E-state index in [-0.39, 0.29) is 11.0 Å². The van der Waals surface area contributed by atoms with Gasteiger partial charge in [0, 0.05) is 11.6 Å². The van der Waals surface area contributed by atoms with Crippen LogP contribution in [0, 0.1) is 0 Å². The van der Waals surface area contributed by atoms with Crippen LogP contribution in [-0.2, 0) is 0 Å². The number of hydrogen-bond acceptors (Lipinski definition) is 6. The quantitative estimate of drug-likeness (QED) is 0.733. The van der Waals surface area contributed by atoms with Crippen molar-refractivity contribution in [2.24, 2.45) is 0 Å². The standard InChI is InChI=1S/C15H14F2N4OS/c1-7(14-20-13(21-22-14)8-2-3-8)18-9-4-5-10-11(6-9)23-15(19-10)12(16)17/h4-8,12,18H,2-3H2,1H3/t7-/m1/s1. The molecule has 2 heterocycles. The van der Waals surface area contributed by atoms with Crippen molar-refractivity contribution in [2.75, 3.05) is 5.32 Å². The Morgan fingerprint density at radius 2 is 2.13 bits per heavy atom. The lowest BCUT2D eigenvalue weighted by Crippen LogP contribution is -2.06. The van der Waals surface area contributed by atoms with E-state index >= 15 is 0 Å². The molecule has 1 saturated carbocycles. The molecule has 2 aromatic heterocycles. The van der Waals surface area contributed by atoms with Gasteiger partial charge in [-0.15, -0.1) is 11.3 Å². The first-order valence-corrected chi connectivity index (χ1v) is 8.20. The van der Waals surface area contributed by atoms with E-state index in [2.05, 4.69) is 20.4 Å². The summed E-state index contributed by atoms with van der Waals surface area (Å²) in [5.41, 5.74) is 1.39. The van der Waals surface area contributed by atoms with Crippen LogP contribution in [-0.4, -0.2) is 15.1 Å². The van der Waals surface area contributed by atoms with Gasteiger partial charge in [-0.05, 0) is 38.0 Å². The number of rotatable bonds is 5. The van der Waals surface area contributed by atoms with Crippen LogP contribution < -0.4 is 5.32 Å². The molecular weight excluding hydrogens is 322 g/mol. The highest BCUT2D eigenvalue weighted by Crippen LogP contribution is 2.38. The number of alkyl halides is 2. The summed E-state index contributed by atoms with van der Waals surface area (Å²) in [5.74, 6) is 1.75. The maximum atomic E-state index is 12.7. The highest BCUT2D eigenvalue weighted by atomic mass is 32.1. The van der Waals surface area contributed by atoms with Gasteiger partial charge in [0.25, 0.3) is 6.43 Å². The largest absolute Gasteiger partial charge is 0.374 e. The smallest absolute Gasteiger partial charge is 0.289 e. The minimum Gasteiger partial charge on any atom is -0.374 e. The number of aromatic nitrogens is 3. The lowest BCUT2D eigenvalue weighted by Gasteiger charge is -2.10. The zero-order valence-electron chi connectivity index (χ0n) is 12.3. The molecule has 3 aromatic rings. The number of nitrogens with zero attached hydrogens (tertiary/aromatic N) is 3. The van der Waals surface area contributed by atoms with E-state index < -0.39 is 6.43 Å². The van der Waals surface area contributed by atoms with Gasteiger partial charge in [-0.1, -0.05) is 5.16 Å². The van der Waals surface area contributed by atoms with Crippen molar-refractivity contribution in [1.82, 2.24) is 15.1 Å². The van der Waals surface area contributed by atoms with Gasteiger partial charge in [-0.25, -0.2) is 13.8 Å². The van der Waals surface area contributed by atoms with Crippen molar-refractivity contribution < 1.29 is 13.3 Å². The molecule has 1 N–H and O–H groups in total. The van der Waals surface area contributed by atoms with Gasteiger partial charge in [-0.2, -0.15) is 4.98 Å². The lowest BCUT2D eigenvalue weighted by atomic mass is 10.2. The maximum absolute atomic E-state index is 12.7. The van der Waals surface area contributed by atoms with E-state index in [1.54, 1.807) is 6.07 Å². The summed E-state index contributed by atoms with van der Waals surface area (Å²) < 4.78 is 31.4. The van der Waals surface area contributed by atoms with Crippen LogP contribution in [0.4, 0.5) is 14.5 Å². The van der Waals surface area contributed by atoms with Gasteiger partial charge < -0.3 is 9.84 Å². The van der Waals surface area contributed by atoms with Gasteiger partial charge in [0.2, 0.25) is 5.89 Å². The highest BCUT2D eigenvalue weighted by Gasteiger charge is 2.29. The number of hydrogen-bond donors (Lipinski definition) is 1. The summed E-state index contributed by atoms with van der Waals surface area (Å²) in [6, 6.07) is 5.20. The number of halogens is 2. The molecule has 1 fully saturated rings. The maximum Gasteiger partial charge on any atom is 0.289 e. The SMILES string of the molecule is C[C@@H](Nc1ccc2nc(C(F)F)sc2c1)c1nc(C2CC2)no1. The summed E-state index contributed by atoms with van der Waals surface area (Å²) in [5, 5.41) is 7.10. The first-order valence-electron chi connectivity index (χ1n) is 7.39. The summed E-state index contributed by atoms with van der Waals surface area (Å²) in [6.07, 6.45) is -0.299. The molecule has 1 aromatic carbocycles. The molecule has 0 saturated heterocycles. The van der Waals surface area contributed by atoms with Gasteiger partial charge in [0.1, 0.15) is 6.04 Å². The molecule has 0 bridgehead atoms. The van der Waals surface area contributed by atoms with E-state index in [1.807, 2.05) is 19.1 Å². The van der Waals surface area contributed by atoms with E-state index in [9.17, 15) is 8.78 Å².